The Hall–Kier alpha value is -1.49. The van der Waals surface area contributed by atoms with E-state index in [2.05, 4.69) is 13.0 Å². The molecule has 0 N–H and O–H groups in total. The normalized spacial score (nSPS) is 30.4. The van der Waals surface area contributed by atoms with Crippen LogP contribution in [0.25, 0.3) is 0 Å². The number of hydrogen-bond donors (Lipinski definition) is 0. The van der Waals surface area contributed by atoms with Crippen molar-refractivity contribution >= 4 is 29.3 Å². The van der Waals surface area contributed by atoms with Crippen molar-refractivity contribution in [2.45, 2.75) is 43.5 Å². The Labute approximate surface area is 134 Å². The highest BCUT2D eigenvalue weighted by atomic mass is 32.2. The van der Waals surface area contributed by atoms with Crippen molar-refractivity contribution in [2.24, 2.45) is 0 Å². The van der Waals surface area contributed by atoms with Gasteiger partial charge in [-0.15, -0.1) is 11.8 Å². The summed E-state index contributed by atoms with van der Waals surface area (Å²) in [5.74, 6) is 0.953. The summed E-state index contributed by atoms with van der Waals surface area (Å²) < 4.78 is 0. The fourth-order valence-electron chi connectivity index (χ4n) is 3.95. The molecule has 1 aromatic carbocycles. The molecule has 4 nitrogen and oxygen atoms in total. The van der Waals surface area contributed by atoms with Gasteiger partial charge in [0.2, 0.25) is 5.91 Å². The molecule has 2 unspecified atom stereocenters. The predicted molar refractivity (Wildman–Crippen MR) is 87.8 cm³/mol. The summed E-state index contributed by atoms with van der Waals surface area (Å²) in [5.41, 5.74) is 2.27. The van der Waals surface area contributed by atoms with E-state index in [0.717, 1.165) is 37.2 Å². The van der Waals surface area contributed by atoms with Crippen molar-refractivity contribution in [3.63, 3.8) is 0 Å². The highest BCUT2D eigenvalue weighted by Crippen LogP contribution is 2.47. The van der Waals surface area contributed by atoms with Crippen LogP contribution in [0.2, 0.25) is 0 Å². The summed E-state index contributed by atoms with van der Waals surface area (Å²) in [6.07, 6.45) is 3.45. The standard InChI is InChI=1S/C17H20N2O2S/c1-17-9-8-15(20)19(17)14(11-22-17)16(21)18-10-4-6-12-5-2-3-7-13(12)18/h2-3,5,7,14H,4,6,8-11H2,1H3. The summed E-state index contributed by atoms with van der Waals surface area (Å²) in [7, 11) is 0. The molecule has 3 heterocycles. The number of para-hydroxylation sites is 1. The molecule has 5 heteroatoms. The van der Waals surface area contributed by atoms with E-state index in [9.17, 15) is 9.59 Å². The minimum Gasteiger partial charge on any atom is -0.315 e. The van der Waals surface area contributed by atoms with Gasteiger partial charge in [-0.05, 0) is 37.8 Å². The van der Waals surface area contributed by atoms with Crippen LogP contribution in [0, 0.1) is 0 Å². The van der Waals surface area contributed by atoms with Crippen LogP contribution >= 0.6 is 11.8 Å². The summed E-state index contributed by atoms with van der Waals surface area (Å²) in [4.78, 5) is 28.9. The van der Waals surface area contributed by atoms with E-state index in [0.29, 0.717) is 6.42 Å². The Balaban J connectivity index is 1.65. The van der Waals surface area contributed by atoms with Crippen molar-refractivity contribution in [3.05, 3.63) is 29.8 Å². The minimum absolute atomic E-state index is 0.0959. The fourth-order valence-corrected chi connectivity index (χ4v) is 5.37. The van der Waals surface area contributed by atoms with Crippen LogP contribution in [0.15, 0.2) is 24.3 Å². The number of anilines is 1. The maximum Gasteiger partial charge on any atom is 0.250 e. The molecule has 116 valence electrons. The molecule has 3 aliphatic heterocycles. The van der Waals surface area contributed by atoms with Crippen LogP contribution in [0.3, 0.4) is 0 Å². The van der Waals surface area contributed by atoms with Gasteiger partial charge in [0.1, 0.15) is 6.04 Å². The van der Waals surface area contributed by atoms with Gasteiger partial charge >= 0.3 is 0 Å². The summed E-state index contributed by atoms with van der Waals surface area (Å²) in [6.45, 7) is 2.86. The van der Waals surface area contributed by atoms with E-state index in [1.807, 2.05) is 28.0 Å². The smallest absolute Gasteiger partial charge is 0.250 e. The van der Waals surface area contributed by atoms with Crippen LogP contribution in [-0.4, -0.2) is 39.9 Å². The molecular formula is C17H20N2O2S. The third-order valence-electron chi connectivity index (χ3n) is 5.11. The topological polar surface area (TPSA) is 40.6 Å². The molecule has 2 saturated heterocycles. The highest BCUT2D eigenvalue weighted by Gasteiger charge is 2.53. The molecule has 0 spiro atoms. The first-order valence-corrected chi connectivity index (χ1v) is 8.94. The van der Waals surface area contributed by atoms with E-state index in [1.165, 1.54) is 5.56 Å². The third-order valence-corrected chi connectivity index (χ3v) is 6.61. The van der Waals surface area contributed by atoms with Gasteiger partial charge in [-0.25, -0.2) is 0 Å². The number of carbonyl (C=O) groups is 2. The average Bonchev–Trinajstić information content (AvgIpc) is 3.03. The first-order chi connectivity index (χ1) is 10.6. The van der Waals surface area contributed by atoms with Gasteiger partial charge in [-0.2, -0.15) is 0 Å². The quantitative estimate of drug-likeness (QED) is 0.799. The minimum atomic E-state index is -0.295. The molecule has 0 bridgehead atoms. The van der Waals surface area contributed by atoms with E-state index in [1.54, 1.807) is 11.8 Å². The van der Waals surface area contributed by atoms with Crippen molar-refractivity contribution in [1.82, 2.24) is 4.90 Å². The summed E-state index contributed by atoms with van der Waals surface area (Å²) >= 11 is 1.76. The van der Waals surface area contributed by atoms with Crippen molar-refractivity contribution in [1.29, 1.82) is 0 Å². The second kappa shape index (κ2) is 5.01. The number of benzene rings is 1. The molecule has 2 atom stereocenters. The maximum absolute atomic E-state index is 13.1. The lowest BCUT2D eigenvalue weighted by atomic mass is 10.0. The van der Waals surface area contributed by atoms with Gasteiger partial charge in [-0.3, -0.25) is 9.59 Å². The predicted octanol–water partition coefficient (Wildman–Crippen LogP) is 2.42. The lowest BCUT2D eigenvalue weighted by Gasteiger charge is -2.35. The lowest BCUT2D eigenvalue weighted by Crippen LogP contribution is -2.52. The van der Waals surface area contributed by atoms with Gasteiger partial charge in [0.05, 0.1) is 4.87 Å². The Morgan fingerprint density at radius 1 is 1.32 bits per heavy atom. The molecule has 22 heavy (non-hydrogen) atoms. The van der Waals surface area contributed by atoms with Crippen molar-refractivity contribution < 1.29 is 9.59 Å². The van der Waals surface area contributed by atoms with Crippen LogP contribution in [0.4, 0.5) is 5.69 Å². The van der Waals surface area contributed by atoms with Gasteiger partial charge < -0.3 is 9.80 Å². The van der Waals surface area contributed by atoms with Crippen LogP contribution in [0.5, 0.6) is 0 Å². The molecule has 0 aliphatic carbocycles. The number of carbonyl (C=O) groups excluding carboxylic acids is 2. The molecule has 4 rings (SSSR count). The Morgan fingerprint density at radius 2 is 2.14 bits per heavy atom. The summed E-state index contributed by atoms with van der Waals surface area (Å²) in [5, 5.41) is 0. The largest absolute Gasteiger partial charge is 0.315 e. The molecular weight excluding hydrogens is 296 g/mol. The number of amides is 2. The maximum atomic E-state index is 13.1. The second-order valence-corrected chi connectivity index (χ2v) is 7.99. The molecule has 0 radical (unpaired) electrons. The number of thioether (sulfide) groups is 1. The summed E-state index contributed by atoms with van der Waals surface area (Å²) in [6, 6.07) is 7.84. The molecule has 0 aromatic heterocycles. The SMILES string of the molecule is CC12CCC(=O)N1C(C(=O)N1CCCc3ccccc31)CS2. The Bertz CT molecular complexity index is 647. The van der Waals surface area contributed by atoms with Gasteiger partial charge in [0.15, 0.2) is 0 Å². The Kier molecular flexibility index (Phi) is 3.22. The molecule has 2 fully saturated rings. The van der Waals surface area contributed by atoms with E-state index in [-0.39, 0.29) is 22.7 Å². The zero-order valence-electron chi connectivity index (χ0n) is 12.7. The van der Waals surface area contributed by atoms with E-state index in [4.69, 9.17) is 0 Å². The van der Waals surface area contributed by atoms with Crippen LogP contribution < -0.4 is 4.90 Å². The number of nitrogens with zero attached hydrogens (tertiary/aromatic N) is 2. The van der Waals surface area contributed by atoms with Crippen molar-refractivity contribution in [2.75, 3.05) is 17.2 Å². The van der Waals surface area contributed by atoms with E-state index >= 15 is 0 Å². The van der Waals surface area contributed by atoms with Gasteiger partial charge in [0, 0.05) is 24.4 Å². The number of hydrogen-bond acceptors (Lipinski definition) is 3. The van der Waals surface area contributed by atoms with Gasteiger partial charge in [-0.1, -0.05) is 18.2 Å². The number of aryl methyl sites for hydroxylation is 1. The zero-order chi connectivity index (χ0) is 15.3. The molecule has 3 aliphatic rings. The van der Waals surface area contributed by atoms with E-state index < -0.39 is 0 Å². The average molecular weight is 316 g/mol. The molecule has 1 aromatic rings. The molecule has 2 amide bonds. The highest BCUT2D eigenvalue weighted by molar-refractivity contribution is 8.01. The zero-order valence-corrected chi connectivity index (χ0v) is 13.6. The number of rotatable bonds is 1. The second-order valence-electron chi connectivity index (χ2n) is 6.49. The monoisotopic (exact) mass is 316 g/mol. The number of fused-ring (bicyclic) bond motifs is 2. The Morgan fingerprint density at radius 3 is 3.00 bits per heavy atom. The fraction of sp³-hybridized carbons (Fsp3) is 0.529. The lowest BCUT2D eigenvalue weighted by molar-refractivity contribution is -0.136. The van der Waals surface area contributed by atoms with Crippen LogP contribution in [0.1, 0.15) is 31.7 Å². The van der Waals surface area contributed by atoms with Crippen LogP contribution in [-0.2, 0) is 16.0 Å². The van der Waals surface area contributed by atoms with Gasteiger partial charge in [0.25, 0.3) is 5.91 Å². The third kappa shape index (κ3) is 1.98. The molecule has 0 saturated carbocycles. The first-order valence-electron chi connectivity index (χ1n) is 7.95. The van der Waals surface area contributed by atoms with Crippen molar-refractivity contribution in [3.8, 4) is 0 Å². The first kappa shape index (κ1) is 14.1.